The highest BCUT2D eigenvalue weighted by Crippen LogP contribution is 2.75. The Hall–Kier alpha value is -0.980. The molecule has 0 radical (unpaired) electrons. The smallest absolute Gasteiger partial charge is 0.309 e. The molecule has 0 aromatic rings. The van der Waals surface area contributed by atoms with Gasteiger partial charge in [0, 0.05) is 25.9 Å². The number of hydrogen-bond donors (Lipinski definition) is 1. The monoisotopic (exact) mass is 392 g/mol. The Labute approximate surface area is 166 Å². The van der Waals surface area contributed by atoms with Crippen LogP contribution in [0.3, 0.4) is 0 Å². The first kappa shape index (κ1) is 19.0. The molecule has 8 atom stereocenters. The second kappa shape index (κ2) is 5.79. The summed E-state index contributed by atoms with van der Waals surface area (Å²) in [5.41, 5.74) is -2.07. The maximum Gasteiger partial charge on any atom is 0.309 e. The summed E-state index contributed by atoms with van der Waals surface area (Å²) >= 11 is 0. The lowest BCUT2D eigenvalue weighted by Crippen LogP contribution is -2.67. The van der Waals surface area contributed by atoms with Crippen molar-refractivity contribution in [2.24, 2.45) is 28.6 Å². The van der Waals surface area contributed by atoms with E-state index in [1.165, 1.54) is 7.11 Å². The Bertz CT molecular complexity index is 722. The lowest BCUT2D eigenvalue weighted by Gasteiger charge is -2.62. The molecule has 0 aromatic heterocycles. The summed E-state index contributed by atoms with van der Waals surface area (Å²) in [5.74, 6) is 0.377. The number of hydrogen-bond acceptors (Lipinski definition) is 6. The van der Waals surface area contributed by atoms with E-state index in [1.54, 1.807) is 7.11 Å². The largest absolute Gasteiger partial charge is 0.469 e. The first-order valence-corrected chi connectivity index (χ1v) is 10.8. The Balaban J connectivity index is 1.60. The average molecular weight is 392 g/mol. The van der Waals surface area contributed by atoms with Gasteiger partial charge in [-0.05, 0) is 56.3 Å². The van der Waals surface area contributed by atoms with E-state index in [2.05, 4.69) is 6.92 Å². The zero-order valence-corrected chi connectivity index (χ0v) is 17.2. The van der Waals surface area contributed by atoms with E-state index in [9.17, 15) is 14.7 Å². The molecule has 5 fully saturated rings. The Morgan fingerprint density at radius 2 is 1.89 bits per heavy atom. The lowest BCUT2D eigenvalue weighted by molar-refractivity contribution is -0.225. The zero-order chi connectivity index (χ0) is 19.9. The van der Waals surface area contributed by atoms with Crippen LogP contribution >= 0.6 is 0 Å². The fourth-order valence-electron chi connectivity index (χ4n) is 8.57. The standard InChI is InChI=1S/C22H32O6/c1-19-8-7-16-21-9-6-13(23)12-20(21,25)10-11-22(16,28-18(21)27-3)15(19)5-4-14(19)17(24)26-2/h14-16,18,25H,4-12H2,1-3H3/t14-,15-,16-,18+,19-,20+,21-,22-/m0/s1. The van der Waals surface area contributed by atoms with Gasteiger partial charge in [-0.15, -0.1) is 0 Å². The number of methoxy groups -OCH3 is 2. The Morgan fingerprint density at radius 1 is 1.11 bits per heavy atom. The first-order chi connectivity index (χ1) is 13.3. The summed E-state index contributed by atoms with van der Waals surface area (Å²) in [6.45, 7) is 2.23. The Kier molecular flexibility index (Phi) is 3.93. The molecule has 1 saturated heterocycles. The van der Waals surface area contributed by atoms with Gasteiger partial charge in [-0.1, -0.05) is 6.92 Å². The predicted molar refractivity (Wildman–Crippen MR) is 99.1 cm³/mol. The van der Waals surface area contributed by atoms with Crippen LogP contribution in [0.5, 0.6) is 0 Å². The summed E-state index contributed by atoms with van der Waals surface area (Å²) in [6.07, 6.45) is 5.76. The van der Waals surface area contributed by atoms with Crippen LogP contribution in [0.4, 0.5) is 0 Å². The number of fused-ring (bicyclic) bond motifs is 1. The molecule has 5 aliphatic rings. The van der Waals surface area contributed by atoms with Crippen molar-refractivity contribution in [2.45, 2.75) is 82.2 Å². The molecular weight excluding hydrogens is 360 g/mol. The van der Waals surface area contributed by atoms with Gasteiger partial charge in [-0.25, -0.2) is 0 Å². The van der Waals surface area contributed by atoms with Gasteiger partial charge >= 0.3 is 5.97 Å². The van der Waals surface area contributed by atoms with Crippen LogP contribution < -0.4 is 0 Å². The summed E-state index contributed by atoms with van der Waals surface area (Å²) in [6, 6.07) is 0. The minimum atomic E-state index is -1.04. The molecular formula is C22H32O6. The second-order valence-electron chi connectivity index (χ2n) is 10.2. The van der Waals surface area contributed by atoms with Gasteiger partial charge in [0.25, 0.3) is 0 Å². The van der Waals surface area contributed by atoms with Crippen LogP contribution in [-0.4, -0.2) is 48.6 Å². The number of carbonyl (C=O) groups is 2. The molecule has 0 aromatic carbocycles. The van der Waals surface area contributed by atoms with E-state index in [1.807, 2.05) is 0 Å². The number of esters is 1. The topological polar surface area (TPSA) is 82.1 Å². The number of rotatable bonds is 2. The minimum absolute atomic E-state index is 0.0901. The quantitative estimate of drug-likeness (QED) is 0.728. The molecule has 1 spiro atoms. The van der Waals surface area contributed by atoms with Gasteiger partial charge in [0.2, 0.25) is 0 Å². The van der Waals surface area contributed by atoms with Crippen LogP contribution in [0.2, 0.25) is 0 Å². The minimum Gasteiger partial charge on any atom is -0.469 e. The molecule has 6 heteroatoms. The number of ether oxygens (including phenoxy) is 3. The van der Waals surface area contributed by atoms with Crippen LogP contribution in [0.1, 0.15) is 64.7 Å². The van der Waals surface area contributed by atoms with Crippen LogP contribution in [0, 0.1) is 28.6 Å². The van der Waals surface area contributed by atoms with E-state index < -0.39 is 17.3 Å². The first-order valence-electron chi connectivity index (χ1n) is 10.8. The van der Waals surface area contributed by atoms with Gasteiger partial charge in [0.15, 0.2) is 6.29 Å². The molecule has 0 amide bonds. The average Bonchev–Trinajstić information content (AvgIpc) is 3.13. The zero-order valence-electron chi connectivity index (χ0n) is 17.2. The predicted octanol–water partition coefficient (Wildman–Crippen LogP) is 2.61. The van der Waals surface area contributed by atoms with E-state index in [4.69, 9.17) is 14.2 Å². The second-order valence-corrected chi connectivity index (χ2v) is 10.2. The molecule has 5 rings (SSSR count). The lowest BCUT2D eigenvalue weighted by atomic mass is 9.42. The molecule has 156 valence electrons. The Morgan fingerprint density at radius 3 is 2.61 bits per heavy atom. The molecule has 2 bridgehead atoms. The number of ketones is 1. The highest BCUT2D eigenvalue weighted by Gasteiger charge is 2.79. The highest BCUT2D eigenvalue weighted by atomic mass is 16.7. The van der Waals surface area contributed by atoms with Crippen molar-refractivity contribution in [2.75, 3.05) is 14.2 Å². The summed E-state index contributed by atoms with van der Waals surface area (Å²) in [4.78, 5) is 24.7. The summed E-state index contributed by atoms with van der Waals surface area (Å²) in [5, 5.41) is 11.7. The fraction of sp³-hybridized carbons (Fsp3) is 0.909. The van der Waals surface area contributed by atoms with Crippen molar-refractivity contribution >= 4 is 11.8 Å². The molecule has 1 N–H and O–H groups in total. The highest BCUT2D eigenvalue weighted by molar-refractivity contribution is 5.81. The number of carbonyl (C=O) groups excluding carboxylic acids is 2. The summed E-state index contributed by atoms with van der Waals surface area (Å²) < 4.78 is 17.8. The maximum absolute atomic E-state index is 12.5. The molecule has 4 aliphatic carbocycles. The van der Waals surface area contributed by atoms with Crippen LogP contribution in [0.25, 0.3) is 0 Å². The third-order valence-electron chi connectivity index (χ3n) is 9.66. The van der Waals surface area contributed by atoms with Crippen LogP contribution in [-0.2, 0) is 23.8 Å². The molecule has 0 unspecified atom stereocenters. The van der Waals surface area contributed by atoms with Crippen LogP contribution in [0.15, 0.2) is 0 Å². The van der Waals surface area contributed by atoms with Gasteiger partial charge < -0.3 is 19.3 Å². The third-order valence-corrected chi connectivity index (χ3v) is 9.66. The van der Waals surface area contributed by atoms with Crippen molar-refractivity contribution < 1.29 is 28.9 Å². The van der Waals surface area contributed by atoms with Crippen molar-refractivity contribution in [3.63, 3.8) is 0 Å². The van der Waals surface area contributed by atoms with E-state index in [0.29, 0.717) is 19.3 Å². The summed E-state index contributed by atoms with van der Waals surface area (Å²) in [7, 11) is 3.13. The van der Waals surface area contributed by atoms with Gasteiger partial charge in [-0.2, -0.15) is 0 Å². The molecule has 1 aliphatic heterocycles. The number of aliphatic hydroxyl groups is 1. The van der Waals surface area contributed by atoms with E-state index in [-0.39, 0.29) is 46.9 Å². The van der Waals surface area contributed by atoms with Crippen molar-refractivity contribution in [3.8, 4) is 0 Å². The van der Waals surface area contributed by atoms with Crippen molar-refractivity contribution in [1.29, 1.82) is 0 Å². The van der Waals surface area contributed by atoms with Gasteiger partial charge in [-0.3, -0.25) is 9.59 Å². The molecule has 4 saturated carbocycles. The normalized spacial score (nSPS) is 54.6. The fourth-order valence-corrected chi connectivity index (χ4v) is 8.57. The number of Topliss-reactive ketones (excluding diaryl/α,β-unsaturated/α-hetero) is 1. The SMILES string of the molecule is COC(=O)[C@@H]1CC[C@H]2[C@@]1(C)CC[C@@H]1[C@]23CC[C@@]2(O)CC(=O)CC[C@@]12[C@H](OC)O3. The molecule has 28 heavy (non-hydrogen) atoms. The molecule has 1 heterocycles. The third kappa shape index (κ3) is 1.95. The maximum atomic E-state index is 12.5. The van der Waals surface area contributed by atoms with Gasteiger partial charge in [0.1, 0.15) is 5.78 Å². The molecule has 6 nitrogen and oxygen atoms in total. The van der Waals surface area contributed by atoms with Crippen molar-refractivity contribution in [3.05, 3.63) is 0 Å². The van der Waals surface area contributed by atoms with Gasteiger partial charge in [0.05, 0.1) is 29.6 Å². The van der Waals surface area contributed by atoms with Crippen molar-refractivity contribution in [1.82, 2.24) is 0 Å². The van der Waals surface area contributed by atoms with E-state index >= 15 is 0 Å². The van der Waals surface area contributed by atoms with E-state index in [0.717, 1.165) is 32.1 Å².